The van der Waals surface area contributed by atoms with Gasteiger partial charge in [-0.1, -0.05) is 7.43 Å². The molecule has 48 heteroatoms. The number of halogens is 3. The van der Waals surface area contributed by atoms with Gasteiger partial charge in [-0.2, -0.15) is 30.4 Å². The predicted molar refractivity (Wildman–Crippen MR) is 225 cm³/mol. The third-order valence-corrected chi connectivity index (χ3v) is 15.9. The number of phosphoric ester groups is 2. The molecule has 426 valence electrons. The van der Waals surface area contributed by atoms with Crippen molar-refractivity contribution in [1.29, 1.82) is 0 Å². The van der Waals surface area contributed by atoms with Crippen LogP contribution >= 0.6 is 46.9 Å². The second kappa shape index (κ2) is 26.4. The van der Waals surface area contributed by atoms with Gasteiger partial charge in [0.05, 0.1) is 25.3 Å². The third-order valence-electron chi connectivity index (χ3n) is 8.31. The zero-order valence-electron chi connectivity index (χ0n) is 35.6. The number of ether oxygens (including phenoxy) is 2. The zero-order valence-corrected chi connectivity index (χ0v) is 41.0. The van der Waals surface area contributed by atoms with E-state index >= 15 is 0 Å². The van der Waals surface area contributed by atoms with E-state index in [1.807, 2.05) is 4.98 Å². The van der Waals surface area contributed by atoms with Gasteiger partial charge in [-0.3, -0.25) is 42.5 Å². The number of phosphoric acid groups is 6. The highest BCUT2D eigenvalue weighted by Gasteiger charge is 2.49. The largest absolute Gasteiger partial charge is 0.490 e. The summed E-state index contributed by atoms with van der Waals surface area (Å²) >= 11 is 0. The Bertz CT molecular complexity index is 2760. The number of carbonyl (C=O) groups excluding carboxylic acids is 1. The number of aromatic nitrogens is 4. The van der Waals surface area contributed by atoms with Crippen LogP contribution in [-0.2, 0) is 81.0 Å². The van der Waals surface area contributed by atoms with E-state index in [1.54, 1.807) is 4.98 Å². The lowest BCUT2D eigenvalue weighted by Gasteiger charge is -2.21. The molecule has 20 N–H and O–H groups in total. The molecule has 0 spiro atoms. The van der Waals surface area contributed by atoms with Crippen LogP contribution in [0.4, 0.5) is 13.2 Å². The number of H-pyrrole nitrogens is 2. The molecule has 2 aromatic rings. The quantitative estimate of drug-likeness (QED) is 0.0553. The first-order valence-corrected chi connectivity index (χ1v) is 26.9. The standard InChI is InChI=1S/C13H19F3N3O16P3.C11H20N3O15P3.CH4.H3N.H2O/c1-18(11(23)13(14,15)16)2-5-3-19(12(24)17-9(5)22)10-8(21)7(20)6(33-10)4-32-37(28,29)35-38(30,31)34-36(25,26)27;1-12-2-5-3-14(11(18)13-9(5)17)10-8(16)7(15)6(27-10)4-26-31(22,23)29-32(24,25)28-30(19,20)21;;;/h3,6-8,10,20-21H,2,4H2,1H3,(H,28,29)(H,30,31)(H,17,22,24)(H2,25,26,27);3,6-8,10,12,15-16H,2,4H2,1H3,(H,22,23)(H,24,25)(H,13,17,18)(H2,19,20,21);1H4;1H3;1H2/t2*6-,7?,8+,10-;;;/m11.../s1. The van der Waals surface area contributed by atoms with Gasteiger partial charge in [0.1, 0.15) is 36.6 Å². The van der Waals surface area contributed by atoms with Crippen molar-refractivity contribution in [3.05, 3.63) is 65.2 Å². The van der Waals surface area contributed by atoms with Gasteiger partial charge < -0.3 is 90.9 Å². The van der Waals surface area contributed by atoms with Crippen LogP contribution in [0.1, 0.15) is 31.0 Å². The van der Waals surface area contributed by atoms with Gasteiger partial charge in [0.25, 0.3) is 11.1 Å². The monoisotopic (exact) mass is 1200 g/mol. The average Bonchev–Trinajstić information content (AvgIpc) is 3.60. The van der Waals surface area contributed by atoms with E-state index in [0.717, 1.165) is 10.8 Å². The molecule has 2 aliphatic heterocycles. The number of aromatic amines is 2. The molecule has 73 heavy (non-hydrogen) atoms. The van der Waals surface area contributed by atoms with Gasteiger partial charge in [0.15, 0.2) is 12.5 Å². The number of aliphatic hydroxyl groups excluding tert-OH is 4. The number of hydrogen-bond donors (Lipinski definition) is 16. The summed E-state index contributed by atoms with van der Waals surface area (Å²) in [6.45, 7) is -3.21. The number of alkyl halides is 3. The number of aliphatic hydroxyl groups is 4. The van der Waals surface area contributed by atoms with Gasteiger partial charge in [-0.05, 0) is 7.05 Å². The first-order chi connectivity index (χ1) is 31.6. The fourth-order valence-corrected chi connectivity index (χ4v) is 11.6. The van der Waals surface area contributed by atoms with Crippen molar-refractivity contribution in [2.75, 3.05) is 27.3 Å². The Kier molecular flexibility index (Phi) is 25.4. The molecule has 0 aliphatic carbocycles. The van der Waals surface area contributed by atoms with Crippen molar-refractivity contribution in [2.24, 2.45) is 0 Å². The van der Waals surface area contributed by atoms with Crippen LogP contribution in [0.2, 0.25) is 0 Å². The van der Waals surface area contributed by atoms with Crippen molar-refractivity contribution < 1.29 is 146 Å². The van der Waals surface area contributed by atoms with Crippen LogP contribution < -0.4 is 34.0 Å². The van der Waals surface area contributed by atoms with E-state index < -0.39 is 156 Å². The van der Waals surface area contributed by atoms with E-state index in [9.17, 15) is 94.7 Å². The lowest BCUT2D eigenvalue weighted by atomic mass is 10.1. The summed E-state index contributed by atoms with van der Waals surface area (Å²) in [6, 6.07) is 0. The molecule has 0 bridgehead atoms. The lowest BCUT2D eigenvalue weighted by molar-refractivity contribution is -0.184. The van der Waals surface area contributed by atoms with E-state index in [-0.39, 0.29) is 36.1 Å². The Morgan fingerprint density at radius 1 is 0.671 bits per heavy atom. The molecular weight excluding hydrogens is 1150 g/mol. The molecule has 2 saturated heterocycles. The van der Waals surface area contributed by atoms with Crippen LogP contribution in [-0.4, -0.2) is 165 Å². The average molecular weight is 1200 g/mol. The van der Waals surface area contributed by atoms with Crippen molar-refractivity contribution in [3.8, 4) is 0 Å². The topological polar surface area (TPSA) is 628 Å². The third kappa shape index (κ3) is 20.9. The zero-order chi connectivity index (χ0) is 53.9. The maximum Gasteiger partial charge on any atom is 0.490 e. The molecule has 1 amide bonds. The maximum atomic E-state index is 12.6. The molecule has 12 atom stereocenters. The number of hydrogen-bond acceptors (Lipinski definition) is 25. The summed E-state index contributed by atoms with van der Waals surface area (Å²) in [7, 11) is -31.8. The second-order valence-corrected chi connectivity index (χ2v) is 22.5. The fourth-order valence-electron chi connectivity index (χ4n) is 5.54. The first-order valence-electron chi connectivity index (χ1n) is 17.8. The highest BCUT2D eigenvalue weighted by molar-refractivity contribution is 7.67. The summed E-state index contributed by atoms with van der Waals surface area (Å²) in [6.07, 6.45) is -18.1. The van der Waals surface area contributed by atoms with Crippen LogP contribution in [0.25, 0.3) is 0 Å². The van der Waals surface area contributed by atoms with Crippen LogP contribution in [0.3, 0.4) is 0 Å². The molecule has 2 aromatic heterocycles. The number of nitrogens with one attached hydrogen (secondary N) is 3. The van der Waals surface area contributed by atoms with E-state index in [4.69, 9.17) is 38.8 Å². The van der Waals surface area contributed by atoms with Crippen LogP contribution in [0, 0.1) is 0 Å². The highest BCUT2D eigenvalue weighted by atomic mass is 31.3. The summed E-state index contributed by atoms with van der Waals surface area (Å²) in [5, 5.41) is 43.3. The second-order valence-electron chi connectivity index (χ2n) is 13.7. The fraction of sp³-hybridized carbons (Fsp3) is 0.640. The van der Waals surface area contributed by atoms with Crippen molar-refractivity contribution >= 4 is 52.8 Å². The molecule has 0 saturated carbocycles. The Balaban J connectivity index is 0.00000138. The summed E-state index contributed by atoms with van der Waals surface area (Å²) in [5.74, 6) is -2.33. The Hall–Kier alpha value is -2.92. The van der Waals surface area contributed by atoms with Crippen molar-refractivity contribution in [3.63, 3.8) is 0 Å². The number of rotatable bonds is 20. The normalized spacial score (nSPS) is 25.4. The summed E-state index contributed by atoms with van der Waals surface area (Å²) < 4.78 is 140. The van der Waals surface area contributed by atoms with Crippen molar-refractivity contribution in [1.82, 2.24) is 35.5 Å². The summed E-state index contributed by atoms with van der Waals surface area (Å²) in [5.41, 5.74) is -4.73. The first kappa shape index (κ1) is 70.1. The van der Waals surface area contributed by atoms with Crippen LogP contribution in [0.5, 0.6) is 0 Å². The molecule has 2 aliphatic rings. The van der Waals surface area contributed by atoms with E-state index in [0.29, 0.717) is 17.8 Å². The molecule has 6 unspecified atom stereocenters. The van der Waals surface area contributed by atoms with Crippen molar-refractivity contribution in [2.45, 2.75) is 75.8 Å². The van der Waals surface area contributed by atoms with Gasteiger partial charge in [-0.25, -0.2) is 37.0 Å². The number of amides is 1. The van der Waals surface area contributed by atoms with E-state index in [2.05, 4.69) is 31.6 Å². The Labute approximate surface area is 402 Å². The number of nitrogens with zero attached hydrogens (tertiary/aromatic N) is 3. The maximum absolute atomic E-state index is 12.6. The Morgan fingerprint density at radius 3 is 1.34 bits per heavy atom. The minimum atomic E-state index is -5.86. The van der Waals surface area contributed by atoms with Gasteiger partial charge in [0, 0.05) is 31.5 Å². The van der Waals surface area contributed by atoms with Gasteiger partial charge in [0.2, 0.25) is 0 Å². The minimum Gasteiger partial charge on any atom is -0.412 e. The molecule has 4 rings (SSSR count). The molecule has 4 heterocycles. The van der Waals surface area contributed by atoms with Crippen LogP contribution in [0.15, 0.2) is 31.6 Å². The van der Waals surface area contributed by atoms with Gasteiger partial charge >= 0.3 is 70.4 Å². The molecule has 0 radical (unpaired) electrons. The predicted octanol–water partition coefficient (Wildman–Crippen LogP) is -4.79. The molecular formula is C25H48F3N7O32P6. The molecule has 0 aromatic carbocycles. The van der Waals surface area contributed by atoms with Gasteiger partial charge in [-0.15, -0.1) is 0 Å². The van der Waals surface area contributed by atoms with E-state index in [1.165, 1.54) is 7.05 Å². The molecule has 39 nitrogen and oxygen atoms in total. The Morgan fingerprint density at radius 2 is 1.01 bits per heavy atom. The lowest BCUT2D eigenvalue weighted by Crippen LogP contribution is -2.42. The SMILES string of the molecule is C.CN(Cc1cn([C@@H]2O[C@H](COP(=O)(O)OP(=O)(O)OP(=O)(O)O)C(O)[C@@H]2O)c(=O)[nH]c1=O)C(=O)C(F)(F)F.CNCc1cn([C@@H]2O[C@H](COP(=O)(O)OP(=O)(O)OP(=O)(O)O)C(O)[C@@H]2O)c(=O)[nH]c1=O.N.O. The number of carbonyl (C=O) groups is 1. The summed E-state index contributed by atoms with van der Waals surface area (Å²) in [4.78, 5) is 134. The smallest absolute Gasteiger partial charge is 0.412 e. The molecule has 2 fully saturated rings. The minimum absolute atomic E-state index is 0. The highest BCUT2D eigenvalue weighted by Crippen LogP contribution is 2.67.